The molecule has 0 aliphatic carbocycles. The summed E-state index contributed by atoms with van der Waals surface area (Å²) in [6.07, 6.45) is 0.571. The molecule has 1 aliphatic rings. The molecule has 2 atom stereocenters. The van der Waals surface area contributed by atoms with Crippen molar-refractivity contribution in [2.75, 3.05) is 6.54 Å². The number of carbonyl (C=O) groups excluding carboxylic acids is 1. The van der Waals surface area contributed by atoms with Gasteiger partial charge in [-0.25, -0.2) is 4.79 Å². The number of nitrogens with one attached hydrogen (secondary N) is 2. The van der Waals surface area contributed by atoms with Gasteiger partial charge in [-0.2, -0.15) is 0 Å². The second-order valence-electron chi connectivity index (χ2n) is 6.39. The lowest BCUT2D eigenvalue weighted by atomic mass is 9.99. The van der Waals surface area contributed by atoms with Crippen LogP contribution in [0.25, 0.3) is 0 Å². The maximum Gasteiger partial charge on any atom is 0.407 e. The second-order valence-corrected chi connectivity index (χ2v) is 6.39. The van der Waals surface area contributed by atoms with Crippen molar-refractivity contribution in [2.45, 2.75) is 51.8 Å². The molecule has 0 bridgehead atoms. The molecule has 2 rings (SSSR count). The van der Waals surface area contributed by atoms with Crippen molar-refractivity contribution in [2.24, 2.45) is 0 Å². The molecule has 1 amide bonds. The van der Waals surface area contributed by atoms with Crippen LogP contribution in [0.5, 0.6) is 0 Å². The zero-order valence-electron chi connectivity index (χ0n) is 12.7. The first-order chi connectivity index (χ1) is 9.35. The average molecular weight is 276 g/mol. The van der Waals surface area contributed by atoms with Gasteiger partial charge in [0.05, 0.1) is 12.1 Å². The van der Waals surface area contributed by atoms with Crippen molar-refractivity contribution in [3.8, 4) is 0 Å². The van der Waals surface area contributed by atoms with E-state index in [1.54, 1.807) is 0 Å². The third kappa shape index (κ3) is 3.97. The molecule has 0 radical (unpaired) electrons. The summed E-state index contributed by atoms with van der Waals surface area (Å²) in [7, 11) is 0. The lowest BCUT2D eigenvalue weighted by molar-refractivity contribution is 0.0500. The number of aryl methyl sites for hydroxylation is 1. The predicted octanol–water partition coefficient (Wildman–Crippen LogP) is 2.92. The van der Waals surface area contributed by atoms with Crippen LogP contribution in [0.15, 0.2) is 24.3 Å². The molecule has 0 unspecified atom stereocenters. The number of carbonyl (C=O) groups is 1. The number of benzene rings is 1. The van der Waals surface area contributed by atoms with E-state index < -0.39 is 5.60 Å². The standard InChI is InChI=1S/C16H24N2O2/c1-11-6-5-7-12(10-11)14-13(8-9-17-14)18-15(19)20-16(2,3)4/h5-7,10,13-14,17H,8-9H2,1-4H3,(H,18,19)/t13-,14+/m1/s1. The fraction of sp³-hybridized carbons (Fsp3) is 0.562. The number of ether oxygens (including phenoxy) is 1. The molecule has 1 aliphatic heterocycles. The van der Waals surface area contributed by atoms with Crippen LogP contribution in [-0.2, 0) is 4.74 Å². The van der Waals surface area contributed by atoms with Gasteiger partial charge >= 0.3 is 6.09 Å². The summed E-state index contributed by atoms with van der Waals surface area (Å²) in [4.78, 5) is 11.9. The van der Waals surface area contributed by atoms with E-state index in [-0.39, 0.29) is 18.2 Å². The quantitative estimate of drug-likeness (QED) is 0.873. The number of alkyl carbamates (subject to hydrolysis) is 1. The van der Waals surface area contributed by atoms with Gasteiger partial charge in [0, 0.05) is 0 Å². The van der Waals surface area contributed by atoms with Crippen LogP contribution < -0.4 is 10.6 Å². The Morgan fingerprint density at radius 1 is 1.40 bits per heavy atom. The fourth-order valence-electron chi connectivity index (χ4n) is 2.53. The first-order valence-electron chi connectivity index (χ1n) is 7.14. The highest BCUT2D eigenvalue weighted by molar-refractivity contribution is 5.68. The minimum absolute atomic E-state index is 0.0756. The zero-order chi connectivity index (χ0) is 14.8. The lowest BCUT2D eigenvalue weighted by Crippen LogP contribution is -2.41. The summed E-state index contributed by atoms with van der Waals surface area (Å²) in [5.41, 5.74) is 1.98. The molecular weight excluding hydrogens is 252 g/mol. The lowest BCUT2D eigenvalue weighted by Gasteiger charge is -2.25. The van der Waals surface area contributed by atoms with E-state index in [1.165, 1.54) is 11.1 Å². The van der Waals surface area contributed by atoms with Gasteiger partial charge < -0.3 is 15.4 Å². The number of hydrogen-bond acceptors (Lipinski definition) is 3. The van der Waals surface area contributed by atoms with Crippen molar-refractivity contribution in [1.82, 2.24) is 10.6 Å². The molecule has 1 heterocycles. The molecule has 0 aromatic heterocycles. The molecule has 0 saturated carbocycles. The van der Waals surface area contributed by atoms with Crippen molar-refractivity contribution in [3.05, 3.63) is 35.4 Å². The average Bonchev–Trinajstić information content (AvgIpc) is 2.74. The van der Waals surface area contributed by atoms with Crippen LogP contribution in [0.4, 0.5) is 4.79 Å². The Morgan fingerprint density at radius 2 is 2.15 bits per heavy atom. The van der Waals surface area contributed by atoms with E-state index in [4.69, 9.17) is 4.74 Å². The van der Waals surface area contributed by atoms with E-state index in [1.807, 2.05) is 20.8 Å². The van der Waals surface area contributed by atoms with Crippen LogP contribution >= 0.6 is 0 Å². The smallest absolute Gasteiger partial charge is 0.407 e. The van der Waals surface area contributed by atoms with E-state index in [0.717, 1.165) is 13.0 Å². The highest BCUT2D eigenvalue weighted by Gasteiger charge is 2.30. The molecule has 1 saturated heterocycles. The topological polar surface area (TPSA) is 50.4 Å². The van der Waals surface area contributed by atoms with Crippen LogP contribution in [-0.4, -0.2) is 24.3 Å². The van der Waals surface area contributed by atoms with Gasteiger partial charge in [0.2, 0.25) is 0 Å². The van der Waals surface area contributed by atoms with Gasteiger partial charge in [-0.1, -0.05) is 29.8 Å². The molecule has 0 spiro atoms. The molecule has 4 heteroatoms. The van der Waals surface area contributed by atoms with Crippen molar-refractivity contribution in [3.63, 3.8) is 0 Å². The number of rotatable bonds is 2. The zero-order valence-corrected chi connectivity index (χ0v) is 12.7. The molecule has 110 valence electrons. The van der Waals surface area contributed by atoms with Gasteiger partial charge in [-0.3, -0.25) is 0 Å². The molecule has 2 N–H and O–H groups in total. The highest BCUT2D eigenvalue weighted by Crippen LogP contribution is 2.24. The van der Waals surface area contributed by atoms with Crippen LogP contribution in [0.2, 0.25) is 0 Å². The molecule has 1 aromatic rings. The van der Waals surface area contributed by atoms with Crippen LogP contribution in [0.3, 0.4) is 0 Å². The van der Waals surface area contributed by atoms with Crippen molar-refractivity contribution in [1.29, 1.82) is 0 Å². The number of hydrogen-bond donors (Lipinski definition) is 2. The number of amides is 1. The van der Waals surface area contributed by atoms with Gasteiger partial charge in [0.25, 0.3) is 0 Å². The molecule has 1 fully saturated rings. The summed E-state index contributed by atoms with van der Waals surface area (Å²) in [5.74, 6) is 0. The van der Waals surface area contributed by atoms with E-state index in [2.05, 4.69) is 41.8 Å². The molecule has 1 aromatic carbocycles. The molecule has 4 nitrogen and oxygen atoms in total. The van der Waals surface area contributed by atoms with Crippen LogP contribution in [0, 0.1) is 6.92 Å². The summed E-state index contributed by atoms with van der Waals surface area (Å²) in [6, 6.07) is 8.62. The fourth-order valence-corrected chi connectivity index (χ4v) is 2.53. The first kappa shape index (κ1) is 14.9. The maximum absolute atomic E-state index is 11.9. The van der Waals surface area contributed by atoms with E-state index in [0.29, 0.717) is 0 Å². The largest absolute Gasteiger partial charge is 0.444 e. The van der Waals surface area contributed by atoms with E-state index in [9.17, 15) is 4.79 Å². The molecular formula is C16H24N2O2. The summed E-state index contributed by atoms with van der Waals surface area (Å²) in [5, 5.41) is 6.43. The highest BCUT2D eigenvalue weighted by atomic mass is 16.6. The van der Waals surface area contributed by atoms with Crippen molar-refractivity contribution < 1.29 is 9.53 Å². The van der Waals surface area contributed by atoms with Gasteiger partial charge in [0.1, 0.15) is 5.60 Å². The van der Waals surface area contributed by atoms with Crippen LogP contribution in [0.1, 0.15) is 44.4 Å². The maximum atomic E-state index is 11.9. The normalized spacial score (nSPS) is 22.6. The Hall–Kier alpha value is -1.55. The Bertz CT molecular complexity index is 480. The third-order valence-corrected chi connectivity index (χ3v) is 3.33. The van der Waals surface area contributed by atoms with Crippen molar-refractivity contribution >= 4 is 6.09 Å². The summed E-state index contributed by atoms with van der Waals surface area (Å²) in [6.45, 7) is 8.60. The Morgan fingerprint density at radius 3 is 2.80 bits per heavy atom. The molecule has 20 heavy (non-hydrogen) atoms. The third-order valence-electron chi connectivity index (χ3n) is 3.33. The van der Waals surface area contributed by atoms with E-state index >= 15 is 0 Å². The minimum atomic E-state index is -0.463. The van der Waals surface area contributed by atoms with Gasteiger partial charge in [-0.15, -0.1) is 0 Å². The predicted molar refractivity (Wildman–Crippen MR) is 79.7 cm³/mol. The Kier molecular flexibility index (Phi) is 4.33. The monoisotopic (exact) mass is 276 g/mol. The first-order valence-corrected chi connectivity index (χ1v) is 7.14. The second kappa shape index (κ2) is 5.83. The summed E-state index contributed by atoms with van der Waals surface area (Å²) >= 11 is 0. The SMILES string of the molecule is Cc1cccc([C@@H]2NCC[C@H]2NC(=O)OC(C)(C)C)c1. The van der Waals surface area contributed by atoms with Gasteiger partial charge in [0.15, 0.2) is 0 Å². The van der Waals surface area contributed by atoms with Gasteiger partial charge in [-0.05, 0) is 46.2 Å². The Balaban J connectivity index is 2.03. The Labute approximate surface area is 120 Å². The minimum Gasteiger partial charge on any atom is -0.444 e. The summed E-state index contributed by atoms with van der Waals surface area (Å²) < 4.78 is 5.33.